The summed E-state index contributed by atoms with van der Waals surface area (Å²) in [5, 5.41) is 19.9. The van der Waals surface area contributed by atoms with Crippen molar-refractivity contribution in [2.24, 2.45) is 5.92 Å². The smallest absolute Gasteiger partial charge is 0.326 e. The molecule has 0 spiro atoms. The molecule has 0 unspecified atom stereocenters. The highest BCUT2D eigenvalue weighted by Gasteiger charge is 2.27. The molecular formula is C29H33N3O4. The van der Waals surface area contributed by atoms with E-state index < -0.39 is 23.9 Å². The largest absolute Gasteiger partial charge is 0.480 e. The molecule has 0 aliphatic heterocycles. The fraction of sp³-hybridized carbons (Fsp3) is 0.345. The normalized spacial score (nSPS) is 14.7. The SMILES string of the molecule is Cc1cccc(C)c1NC(=O)Nc1cc2ccccc2cc1C(=O)N[C@@H](CC1CCCCC1)C(=O)O. The fourth-order valence-corrected chi connectivity index (χ4v) is 5.02. The summed E-state index contributed by atoms with van der Waals surface area (Å²) >= 11 is 0. The van der Waals surface area contributed by atoms with E-state index >= 15 is 0 Å². The summed E-state index contributed by atoms with van der Waals surface area (Å²) in [5.74, 6) is -1.28. The Morgan fingerprint density at radius 1 is 0.889 bits per heavy atom. The number of fused-ring (bicyclic) bond motifs is 1. The lowest BCUT2D eigenvalue weighted by Gasteiger charge is -2.25. The van der Waals surface area contributed by atoms with Crippen molar-refractivity contribution in [3.05, 3.63) is 71.3 Å². The molecule has 7 heteroatoms. The summed E-state index contributed by atoms with van der Waals surface area (Å²) in [4.78, 5) is 38.3. The van der Waals surface area contributed by atoms with Crippen LogP contribution >= 0.6 is 0 Å². The monoisotopic (exact) mass is 487 g/mol. The van der Waals surface area contributed by atoms with Gasteiger partial charge in [-0.1, -0.05) is 74.6 Å². The number of carbonyl (C=O) groups is 3. The van der Waals surface area contributed by atoms with Gasteiger partial charge in [-0.25, -0.2) is 9.59 Å². The predicted molar refractivity (Wildman–Crippen MR) is 143 cm³/mol. The van der Waals surface area contributed by atoms with Gasteiger partial charge in [-0.2, -0.15) is 0 Å². The second kappa shape index (κ2) is 11.2. The number of anilines is 2. The van der Waals surface area contributed by atoms with Crippen molar-refractivity contribution in [1.82, 2.24) is 5.32 Å². The Bertz CT molecular complexity index is 1260. The molecule has 0 saturated heterocycles. The Labute approximate surface area is 211 Å². The number of rotatable bonds is 7. The van der Waals surface area contributed by atoms with Gasteiger partial charge in [0.25, 0.3) is 5.91 Å². The van der Waals surface area contributed by atoms with E-state index in [9.17, 15) is 19.5 Å². The van der Waals surface area contributed by atoms with Crippen molar-refractivity contribution in [3.8, 4) is 0 Å². The van der Waals surface area contributed by atoms with Crippen LogP contribution in [0.5, 0.6) is 0 Å². The molecule has 1 aliphatic rings. The maximum absolute atomic E-state index is 13.4. The van der Waals surface area contributed by atoms with Crippen molar-refractivity contribution in [1.29, 1.82) is 0 Å². The third kappa shape index (κ3) is 6.03. The number of carbonyl (C=O) groups excluding carboxylic acids is 2. The van der Waals surface area contributed by atoms with Crippen molar-refractivity contribution >= 4 is 40.1 Å². The van der Waals surface area contributed by atoms with Crippen molar-refractivity contribution < 1.29 is 19.5 Å². The van der Waals surface area contributed by atoms with E-state index in [0.29, 0.717) is 17.8 Å². The zero-order chi connectivity index (χ0) is 25.7. The Morgan fingerprint density at radius 3 is 2.17 bits per heavy atom. The molecule has 4 N–H and O–H groups in total. The summed E-state index contributed by atoms with van der Waals surface area (Å²) < 4.78 is 0. The molecule has 3 aromatic rings. The highest BCUT2D eigenvalue weighted by Crippen LogP contribution is 2.29. The van der Waals surface area contributed by atoms with Crippen LogP contribution in [0.2, 0.25) is 0 Å². The van der Waals surface area contributed by atoms with Crippen LogP contribution in [0.1, 0.15) is 60.0 Å². The number of nitrogens with one attached hydrogen (secondary N) is 3. The maximum atomic E-state index is 13.4. The quantitative estimate of drug-likeness (QED) is 0.316. The summed E-state index contributed by atoms with van der Waals surface area (Å²) in [6.45, 7) is 3.83. The van der Waals surface area contributed by atoms with Crippen LogP contribution in [0.4, 0.5) is 16.2 Å². The lowest BCUT2D eigenvalue weighted by Crippen LogP contribution is -2.42. The minimum Gasteiger partial charge on any atom is -0.480 e. The Kier molecular flexibility index (Phi) is 7.88. The number of aryl methyl sites for hydroxylation is 2. The fourth-order valence-electron chi connectivity index (χ4n) is 5.02. The van der Waals surface area contributed by atoms with E-state index in [-0.39, 0.29) is 11.5 Å². The van der Waals surface area contributed by atoms with E-state index in [1.54, 1.807) is 12.1 Å². The first kappa shape index (κ1) is 25.2. The molecule has 36 heavy (non-hydrogen) atoms. The summed E-state index contributed by atoms with van der Waals surface area (Å²) in [6.07, 6.45) is 5.75. The number of hydrogen-bond acceptors (Lipinski definition) is 3. The third-order valence-electron chi connectivity index (χ3n) is 7.00. The number of benzene rings is 3. The average Bonchev–Trinajstić information content (AvgIpc) is 2.86. The van der Waals surface area contributed by atoms with Crippen molar-refractivity contribution in [2.45, 2.75) is 58.4 Å². The summed E-state index contributed by atoms with van der Waals surface area (Å²) in [5.41, 5.74) is 3.10. The van der Waals surface area contributed by atoms with Crippen LogP contribution in [-0.2, 0) is 4.79 Å². The first-order valence-corrected chi connectivity index (χ1v) is 12.5. The number of aliphatic carboxylic acids is 1. The molecule has 1 saturated carbocycles. The highest BCUT2D eigenvalue weighted by atomic mass is 16.4. The van der Waals surface area contributed by atoms with E-state index in [1.807, 2.05) is 56.3 Å². The molecule has 0 bridgehead atoms. The standard InChI is InChI=1S/C29H33N3O4/c1-18-9-8-10-19(2)26(18)32-29(36)31-24-17-22-14-7-6-13-21(22)16-23(24)27(33)30-25(28(34)35)15-20-11-4-3-5-12-20/h6-10,13-14,16-17,20,25H,3-5,11-12,15H2,1-2H3,(H,30,33)(H,34,35)(H2,31,32,36)/t25-/m0/s1. The van der Waals surface area contributed by atoms with Gasteiger partial charge < -0.3 is 21.1 Å². The van der Waals surface area contributed by atoms with Gasteiger partial charge in [0.05, 0.1) is 11.3 Å². The first-order chi connectivity index (χ1) is 17.3. The molecule has 0 aromatic heterocycles. The number of hydrogen-bond donors (Lipinski definition) is 4. The van der Waals surface area contributed by atoms with Crippen LogP contribution in [0, 0.1) is 19.8 Å². The number of urea groups is 1. The highest BCUT2D eigenvalue weighted by molar-refractivity contribution is 6.10. The van der Waals surface area contributed by atoms with Crippen LogP contribution in [0.15, 0.2) is 54.6 Å². The van der Waals surface area contributed by atoms with Gasteiger partial charge >= 0.3 is 12.0 Å². The predicted octanol–water partition coefficient (Wildman–Crippen LogP) is 6.25. The number of carboxylic acids is 1. The van der Waals surface area contributed by atoms with Crippen LogP contribution in [0.25, 0.3) is 10.8 Å². The van der Waals surface area contributed by atoms with Gasteiger partial charge in [-0.3, -0.25) is 4.79 Å². The van der Waals surface area contributed by atoms with Gasteiger partial charge in [-0.05, 0) is 60.2 Å². The summed E-state index contributed by atoms with van der Waals surface area (Å²) in [6, 6.07) is 15.2. The van der Waals surface area contributed by atoms with Gasteiger partial charge in [0.1, 0.15) is 6.04 Å². The van der Waals surface area contributed by atoms with Crippen molar-refractivity contribution in [2.75, 3.05) is 10.6 Å². The number of carboxylic acid groups (broad SMARTS) is 1. The molecular weight excluding hydrogens is 454 g/mol. The molecule has 0 heterocycles. The molecule has 7 nitrogen and oxygen atoms in total. The average molecular weight is 488 g/mol. The summed E-state index contributed by atoms with van der Waals surface area (Å²) in [7, 11) is 0. The second-order valence-electron chi connectivity index (χ2n) is 9.69. The first-order valence-electron chi connectivity index (χ1n) is 12.5. The van der Waals surface area contributed by atoms with Crippen molar-refractivity contribution in [3.63, 3.8) is 0 Å². The molecule has 4 rings (SSSR count). The van der Waals surface area contributed by atoms with E-state index in [0.717, 1.165) is 47.6 Å². The molecule has 0 radical (unpaired) electrons. The Balaban J connectivity index is 1.59. The minimum atomic E-state index is -1.04. The maximum Gasteiger partial charge on any atom is 0.326 e. The van der Waals surface area contributed by atoms with Crippen LogP contribution < -0.4 is 16.0 Å². The molecule has 1 atom stereocenters. The van der Waals surface area contributed by atoms with Crippen LogP contribution in [-0.4, -0.2) is 29.1 Å². The molecule has 3 aromatic carbocycles. The second-order valence-corrected chi connectivity index (χ2v) is 9.69. The zero-order valence-corrected chi connectivity index (χ0v) is 20.8. The molecule has 1 aliphatic carbocycles. The van der Waals surface area contributed by atoms with Crippen LogP contribution in [0.3, 0.4) is 0 Å². The van der Waals surface area contributed by atoms with E-state index in [1.165, 1.54) is 6.42 Å². The molecule has 1 fully saturated rings. The minimum absolute atomic E-state index is 0.222. The van der Waals surface area contributed by atoms with E-state index in [2.05, 4.69) is 16.0 Å². The van der Waals surface area contributed by atoms with Gasteiger partial charge in [0.2, 0.25) is 0 Å². The Hall–Kier alpha value is -3.87. The third-order valence-corrected chi connectivity index (χ3v) is 7.00. The Morgan fingerprint density at radius 2 is 1.53 bits per heavy atom. The van der Waals surface area contributed by atoms with Gasteiger partial charge in [-0.15, -0.1) is 0 Å². The lowest BCUT2D eigenvalue weighted by atomic mass is 9.85. The topological polar surface area (TPSA) is 108 Å². The van der Waals surface area contributed by atoms with Gasteiger partial charge in [0, 0.05) is 5.69 Å². The molecule has 3 amide bonds. The number of amides is 3. The molecule has 188 valence electrons. The lowest BCUT2D eigenvalue weighted by molar-refractivity contribution is -0.139. The number of para-hydroxylation sites is 1. The van der Waals surface area contributed by atoms with E-state index in [4.69, 9.17) is 0 Å². The van der Waals surface area contributed by atoms with Gasteiger partial charge in [0.15, 0.2) is 0 Å². The zero-order valence-electron chi connectivity index (χ0n) is 20.8.